The quantitative estimate of drug-likeness (QED) is 0.840. The standard InChI is InChI=1S/C12H20N2O2S/c1-9-4-5-11(16-9)7-14(3)12(15)8-17-10(2)6-13/h4-5,10H,6-8,13H2,1-3H3. The summed E-state index contributed by atoms with van der Waals surface area (Å²) in [5, 5.41) is 0.318. The Morgan fingerprint density at radius 3 is 2.82 bits per heavy atom. The predicted molar refractivity (Wildman–Crippen MR) is 70.9 cm³/mol. The molecule has 0 saturated heterocycles. The minimum Gasteiger partial charge on any atom is -0.464 e. The minimum atomic E-state index is 0.101. The van der Waals surface area contributed by atoms with Crippen LogP contribution in [0.3, 0.4) is 0 Å². The highest BCUT2D eigenvalue weighted by molar-refractivity contribution is 8.00. The van der Waals surface area contributed by atoms with E-state index in [2.05, 4.69) is 0 Å². The summed E-state index contributed by atoms with van der Waals surface area (Å²) < 4.78 is 5.43. The number of hydrogen-bond donors (Lipinski definition) is 1. The molecule has 1 aromatic rings. The van der Waals surface area contributed by atoms with Gasteiger partial charge in [0.15, 0.2) is 0 Å². The van der Waals surface area contributed by atoms with E-state index in [1.807, 2.05) is 26.0 Å². The van der Waals surface area contributed by atoms with Gasteiger partial charge in [-0.1, -0.05) is 6.92 Å². The van der Waals surface area contributed by atoms with Crippen LogP contribution < -0.4 is 5.73 Å². The van der Waals surface area contributed by atoms with Crippen LogP contribution in [0, 0.1) is 6.92 Å². The maximum absolute atomic E-state index is 11.8. The number of nitrogens with two attached hydrogens (primary N) is 1. The molecule has 1 amide bonds. The van der Waals surface area contributed by atoms with Crippen LogP contribution in [0.5, 0.6) is 0 Å². The largest absolute Gasteiger partial charge is 0.464 e. The van der Waals surface area contributed by atoms with Crippen LogP contribution in [0.1, 0.15) is 18.4 Å². The van der Waals surface area contributed by atoms with Gasteiger partial charge in [-0.25, -0.2) is 0 Å². The Morgan fingerprint density at radius 2 is 2.29 bits per heavy atom. The molecule has 1 atom stereocenters. The summed E-state index contributed by atoms with van der Waals surface area (Å²) in [7, 11) is 1.79. The van der Waals surface area contributed by atoms with Gasteiger partial charge < -0.3 is 15.1 Å². The third-order valence-corrected chi connectivity index (χ3v) is 3.61. The molecule has 0 aliphatic heterocycles. The number of nitrogens with zero attached hydrogens (tertiary/aromatic N) is 1. The van der Waals surface area contributed by atoms with Crippen LogP contribution >= 0.6 is 11.8 Å². The predicted octanol–water partition coefficient (Wildman–Crippen LogP) is 1.63. The fourth-order valence-electron chi connectivity index (χ4n) is 1.28. The van der Waals surface area contributed by atoms with Gasteiger partial charge in [0, 0.05) is 18.8 Å². The molecule has 5 heteroatoms. The third-order valence-electron chi connectivity index (χ3n) is 2.44. The summed E-state index contributed by atoms with van der Waals surface area (Å²) in [5.74, 6) is 2.25. The minimum absolute atomic E-state index is 0.101. The molecule has 0 bridgehead atoms. The first kappa shape index (κ1) is 14.1. The molecule has 1 rings (SSSR count). The maximum atomic E-state index is 11.8. The zero-order chi connectivity index (χ0) is 12.8. The van der Waals surface area contributed by atoms with Gasteiger partial charge in [-0.05, 0) is 19.1 Å². The number of thioether (sulfide) groups is 1. The van der Waals surface area contributed by atoms with E-state index in [9.17, 15) is 4.79 Å². The second-order valence-corrected chi connectivity index (χ2v) is 5.55. The molecule has 1 unspecified atom stereocenters. The number of amides is 1. The van der Waals surface area contributed by atoms with E-state index >= 15 is 0 Å². The van der Waals surface area contributed by atoms with Crippen molar-refractivity contribution in [3.05, 3.63) is 23.7 Å². The number of furan rings is 1. The normalized spacial score (nSPS) is 12.5. The summed E-state index contributed by atoms with van der Waals surface area (Å²) in [4.78, 5) is 13.5. The molecule has 17 heavy (non-hydrogen) atoms. The lowest BCUT2D eigenvalue weighted by Crippen LogP contribution is -2.28. The van der Waals surface area contributed by atoms with Gasteiger partial charge >= 0.3 is 0 Å². The Balaban J connectivity index is 2.36. The second-order valence-electron chi connectivity index (χ2n) is 4.12. The lowest BCUT2D eigenvalue weighted by atomic mass is 10.4. The van der Waals surface area contributed by atoms with Crippen LogP contribution in [0.4, 0.5) is 0 Å². The Bertz CT molecular complexity index is 365. The van der Waals surface area contributed by atoms with E-state index < -0.39 is 0 Å². The topological polar surface area (TPSA) is 59.5 Å². The Hall–Kier alpha value is -0.940. The van der Waals surface area contributed by atoms with Crippen molar-refractivity contribution in [1.29, 1.82) is 0 Å². The smallest absolute Gasteiger partial charge is 0.232 e. The van der Waals surface area contributed by atoms with E-state index in [1.165, 1.54) is 0 Å². The number of aryl methyl sites for hydroxylation is 1. The van der Waals surface area contributed by atoms with Crippen LogP contribution in [0.15, 0.2) is 16.5 Å². The summed E-state index contributed by atoms with van der Waals surface area (Å²) in [6.45, 7) is 5.03. The Kier molecular flexibility index (Phi) is 5.58. The zero-order valence-electron chi connectivity index (χ0n) is 10.6. The van der Waals surface area contributed by atoms with Crippen molar-refractivity contribution in [2.45, 2.75) is 25.6 Å². The van der Waals surface area contributed by atoms with Crippen molar-refractivity contribution in [1.82, 2.24) is 4.90 Å². The molecule has 0 aliphatic carbocycles. The van der Waals surface area contributed by atoms with Gasteiger partial charge in [-0.15, -0.1) is 11.8 Å². The number of rotatable bonds is 6. The maximum Gasteiger partial charge on any atom is 0.232 e. The third kappa shape index (κ3) is 4.83. The van der Waals surface area contributed by atoms with Crippen molar-refractivity contribution < 1.29 is 9.21 Å². The molecule has 0 spiro atoms. The Morgan fingerprint density at radius 1 is 1.59 bits per heavy atom. The SMILES string of the molecule is Cc1ccc(CN(C)C(=O)CSC(C)CN)o1. The fraction of sp³-hybridized carbons (Fsp3) is 0.583. The molecule has 0 saturated carbocycles. The molecule has 1 heterocycles. The summed E-state index contributed by atoms with van der Waals surface area (Å²) >= 11 is 1.58. The van der Waals surface area contributed by atoms with E-state index in [-0.39, 0.29) is 5.91 Å². The monoisotopic (exact) mass is 256 g/mol. The van der Waals surface area contributed by atoms with Gasteiger partial charge in [-0.3, -0.25) is 4.79 Å². The molecular weight excluding hydrogens is 236 g/mol. The highest BCUT2D eigenvalue weighted by atomic mass is 32.2. The van der Waals surface area contributed by atoms with Crippen molar-refractivity contribution in [3.8, 4) is 0 Å². The molecule has 96 valence electrons. The number of carbonyl (C=O) groups is 1. The highest BCUT2D eigenvalue weighted by Gasteiger charge is 2.12. The van der Waals surface area contributed by atoms with Gasteiger partial charge in [0.05, 0.1) is 12.3 Å². The van der Waals surface area contributed by atoms with Crippen molar-refractivity contribution in [2.75, 3.05) is 19.3 Å². The lowest BCUT2D eigenvalue weighted by molar-refractivity contribution is -0.127. The van der Waals surface area contributed by atoms with E-state index in [1.54, 1.807) is 23.7 Å². The van der Waals surface area contributed by atoms with Gasteiger partial charge in [0.2, 0.25) is 5.91 Å². The van der Waals surface area contributed by atoms with E-state index in [4.69, 9.17) is 10.2 Å². The second kappa shape index (κ2) is 6.71. The molecule has 2 N–H and O–H groups in total. The van der Waals surface area contributed by atoms with Gasteiger partial charge in [0.1, 0.15) is 11.5 Å². The van der Waals surface area contributed by atoms with E-state index in [0.717, 1.165) is 11.5 Å². The molecule has 0 aliphatic rings. The first-order valence-corrected chi connectivity index (χ1v) is 6.68. The first-order chi connectivity index (χ1) is 8.02. The van der Waals surface area contributed by atoms with Crippen LogP contribution in [0.25, 0.3) is 0 Å². The summed E-state index contributed by atoms with van der Waals surface area (Å²) in [5.41, 5.74) is 5.50. The Labute approximate surface area is 107 Å². The van der Waals surface area contributed by atoms with Crippen molar-refractivity contribution in [3.63, 3.8) is 0 Å². The molecule has 0 fully saturated rings. The lowest BCUT2D eigenvalue weighted by Gasteiger charge is -2.16. The molecule has 1 aromatic heterocycles. The first-order valence-electron chi connectivity index (χ1n) is 5.64. The molecule has 0 radical (unpaired) electrons. The molecule has 0 aromatic carbocycles. The van der Waals surface area contributed by atoms with Crippen LogP contribution in [0.2, 0.25) is 0 Å². The van der Waals surface area contributed by atoms with Gasteiger partial charge in [-0.2, -0.15) is 0 Å². The van der Waals surface area contributed by atoms with E-state index in [0.29, 0.717) is 24.1 Å². The van der Waals surface area contributed by atoms with Crippen molar-refractivity contribution in [2.24, 2.45) is 5.73 Å². The zero-order valence-corrected chi connectivity index (χ0v) is 11.4. The molecular formula is C12H20N2O2S. The fourth-order valence-corrected chi connectivity index (χ4v) is 2.07. The van der Waals surface area contributed by atoms with Gasteiger partial charge in [0.25, 0.3) is 0 Å². The molecule has 4 nitrogen and oxygen atoms in total. The van der Waals surface area contributed by atoms with Crippen LogP contribution in [-0.4, -0.2) is 35.4 Å². The highest BCUT2D eigenvalue weighted by Crippen LogP contribution is 2.12. The average molecular weight is 256 g/mol. The number of hydrogen-bond acceptors (Lipinski definition) is 4. The van der Waals surface area contributed by atoms with Crippen LogP contribution in [-0.2, 0) is 11.3 Å². The summed E-state index contributed by atoms with van der Waals surface area (Å²) in [6.07, 6.45) is 0. The average Bonchev–Trinajstić information content (AvgIpc) is 2.70. The summed E-state index contributed by atoms with van der Waals surface area (Å²) in [6, 6.07) is 3.80. The van der Waals surface area contributed by atoms with Crippen molar-refractivity contribution >= 4 is 17.7 Å². The number of carbonyl (C=O) groups excluding carboxylic acids is 1.